The molecule has 1 aliphatic rings. The number of piperidine rings is 1. The minimum Gasteiger partial charge on any atom is -0.434 e. The first-order chi connectivity index (χ1) is 15.8. The van der Waals surface area contributed by atoms with E-state index in [4.69, 9.17) is 4.74 Å². The molecular weight excluding hydrogens is 466 g/mol. The summed E-state index contributed by atoms with van der Waals surface area (Å²) < 4.78 is 28.9. The number of nitrogens with zero attached hydrogens (tertiary/aromatic N) is 5. The van der Waals surface area contributed by atoms with Crippen LogP contribution in [-0.2, 0) is 9.84 Å². The number of thioether (sulfide) groups is 1. The summed E-state index contributed by atoms with van der Waals surface area (Å²) in [5.41, 5.74) is -0.315. The molecule has 0 bridgehead atoms. The van der Waals surface area contributed by atoms with Gasteiger partial charge in [-0.25, -0.2) is 13.4 Å². The predicted octanol–water partition coefficient (Wildman–Crippen LogP) is 3.74. The first-order valence-corrected chi connectivity index (χ1v) is 12.9. The number of sulfone groups is 1. The highest BCUT2D eigenvalue weighted by molar-refractivity contribution is 8.00. The molecule has 1 saturated heterocycles. The highest BCUT2D eigenvalue weighted by Crippen LogP contribution is 2.38. The topological polar surface area (TPSA) is 128 Å². The van der Waals surface area contributed by atoms with Crippen molar-refractivity contribution in [3.05, 3.63) is 65.2 Å². The molecule has 3 aromatic rings. The molecular formula is C21H21N5O5S2. The summed E-state index contributed by atoms with van der Waals surface area (Å²) in [4.78, 5) is 26.7. The summed E-state index contributed by atoms with van der Waals surface area (Å²) in [6.07, 6.45) is 7.55. The standard InChI is InChI=1S/C21H21N5O5S2/c1-33(29,30)18-4-2-15(3-5-18)31-21-19(26(27)28)20(23-14-24-21)25-12-8-17(9-13-25)32-16-6-10-22-11-7-16/h2-7,10-11,14,17H,8-9,12-13H2,1H3. The molecule has 0 N–H and O–H groups in total. The van der Waals surface area contributed by atoms with Crippen molar-refractivity contribution in [1.29, 1.82) is 0 Å². The van der Waals surface area contributed by atoms with Gasteiger partial charge in [0.25, 0.3) is 0 Å². The van der Waals surface area contributed by atoms with E-state index < -0.39 is 14.8 Å². The highest BCUT2D eigenvalue weighted by Gasteiger charge is 2.31. The van der Waals surface area contributed by atoms with Gasteiger partial charge in [-0.1, -0.05) is 0 Å². The van der Waals surface area contributed by atoms with E-state index in [1.54, 1.807) is 24.2 Å². The number of hydrogen-bond donors (Lipinski definition) is 0. The van der Waals surface area contributed by atoms with Crippen LogP contribution in [-0.4, -0.2) is 52.9 Å². The summed E-state index contributed by atoms with van der Waals surface area (Å²) in [6.45, 7) is 1.23. The predicted molar refractivity (Wildman–Crippen MR) is 124 cm³/mol. The van der Waals surface area contributed by atoms with E-state index in [0.29, 0.717) is 18.3 Å². The van der Waals surface area contributed by atoms with Gasteiger partial charge in [0, 0.05) is 41.9 Å². The van der Waals surface area contributed by atoms with Gasteiger partial charge in [0.05, 0.1) is 9.82 Å². The smallest absolute Gasteiger partial charge is 0.373 e. The Hall–Kier alpha value is -3.25. The summed E-state index contributed by atoms with van der Waals surface area (Å²) in [5.74, 6) is 0.262. The quantitative estimate of drug-likeness (QED) is 0.359. The SMILES string of the molecule is CS(=O)(=O)c1ccc(Oc2ncnc(N3CCC(Sc4ccncc4)CC3)c2[N+](=O)[O-])cc1. The molecule has 0 radical (unpaired) electrons. The van der Waals surface area contributed by atoms with E-state index in [0.717, 1.165) is 24.0 Å². The van der Waals surface area contributed by atoms with Crippen molar-refractivity contribution >= 4 is 33.1 Å². The molecule has 10 nitrogen and oxygen atoms in total. The Kier molecular flexibility index (Phi) is 6.75. The summed E-state index contributed by atoms with van der Waals surface area (Å²) in [5, 5.41) is 12.3. The number of rotatable bonds is 7. The molecule has 0 amide bonds. The number of hydrogen-bond acceptors (Lipinski definition) is 10. The zero-order chi connectivity index (χ0) is 23.4. The molecule has 0 saturated carbocycles. The lowest BCUT2D eigenvalue weighted by Crippen LogP contribution is -2.35. The molecule has 12 heteroatoms. The van der Waals surface area contributed by atoms with Gasteiger partial charge in [-0.3, -0.25) is 15.1 Å². The lowest BCUT2D eigenvalue weighted by molar-refractivity contribution is -0.385. The van der Waals surface area contributed by atoms with Crippen LogP contribution in [0.15, 0.2) is 64.9 Å². The van der Waals surface area contributed by atoms with Crippen molar-refractivity contribution in [3.63, 3.8) is 0 Å². The molecule has 1 fully saturated rings. The van der Waals surface area contributed by atoms with Crippen LogP contribution in [0.1, 0.15) is 12.8 Å². The Morgan fingerprint density at radius 2 is 1.76 bits per heavy atom. The molecule has 3 heterocycles. The molecule has 2 aromatic heterocycles. The third-order valence-corrected chi connectivity index (χ3v) is 7.59. The van der Waals surface area contributed by atoms with Gasteiger partial charge in [-0.05, 0) is 49.2 Å². The minimum absolute atomic E-state index is 0.125. The van der Waals surface area contributed by atoms with Crippen molar-refractivity contribution in [3.8, 4) is 11.6 Å². The second-order valence-electron chi connectivity index (χ2n) is 7.44. The van der Waals surface area contributed by atoms with Crippen LogP contribution in [0, 0.1) is 10.1 Å². The number of benzene rings is 1. The molecule has 1 aromatic carbocycles. The first kappa shape index (κ1) is 22.9. The van der Waals surface area contributed by atoms with Crippen LogP contribution in [0.25, 0.3) is 0 Å². The Morgan fingerprint density at radius 3 is 2.36 bits per heavy atom. The number of nitro groups is 1. The van der Waals surface area contributed by atoms with Gasteiger partial charge in [0.2, 0.25) is 5.82 Å². The van der Waals surface area contributed by atoms with E-state index in [1.165, 1.54) is 30.6 Å². The zero-order valence-corrected chi connectivity index (χ0v) is 19.3. The van der Waals surface area contributed by atoms with Crippen molar-refractivity contribution in [1.82, 2.24) is 15.0 Å². The van der Waals surface area contributed by atoms with Crippen molar-refractivity contribution in [2.45, 2.75) is 27.9 Å². The summed E-state index contributed by atoms with van der Waals surface area (Å²) in [6, 6.07) is 9.57. The van der Waals surface area contributed by atoms with Crippen LogP contribution >= 0.6 is 11.8 Å². The van der Waals surface area contributed by atoms with Gasteiger partial charge in [-0.15, -0.1) is 11.8 Å². The molecule has 1 aliphatic heterocycles. The number of aromatic nitrogens is 3. The Morgan fingerprint density at radius 1 is 1.09 bits per heavy atom. The molecule has 0 unspecified atom stereocenters. The van der Waals surface area contributed by atoms with Gasteiger partial charge < -0.3 is 9.64 Å². The van der Waals surface area contributed by atoms with Gasteiger partial charge in [-0.2, -0.15) is 4.98 Å². The number of ether oxygens (including phenoxy) is 1. The molecule has 0 spiro atoms. The Labute approximate surface area is 195 Å². The maximum atomic E-state index is 11.9. The molecule has 0 atom stereocenters. The van der Waals surface area contributed by atoms with E-state index in [-0.39, 0.29) is 28.0 Å². The molecule has 0 aliphatic carbocycles. The third kappa shape index (κ3) is 5.57. The van der Waals surface area contributed by atoms with Gasteiger partial charge >= 0.3 is 11.6 Å². The van der Waals surface area contributed by atoms with Crippen molar-refractivity contribution in [2.24, 2.45) is 0 Å². The van der Waals surface area contributed by atoms with Crippen LogP contribution < -0.4 is 9.64 Å². The van der Waals surface area contributed by atoms with Gasteiger partial charge in [0.1, 0.15) is 12.1 Å². The van der Waals surface area contributed by atoms with Crippen LogP contribution in [0.4, 0.5) is 11.5 Å². The Bertz CT molecular complexity index is 1230. The van der Waals surface area contributed by atoms with E-state index in [2.05, 4.69) is 15.0 Å². The fourth-order valence-electron chi connectivity index (χ4n) is 3.48. The highest BCUT2D eigenvalue weighted by atomic mass is 32.2. The van der Waals surface area contributed by atoms with E-state index in [9.17, 15) is 18.5 Å². The third-order valence-electron chi connectivity index (χ3n) is 5.11. The van der Waals surface area contributed by atoms with Crippen LogP contribution in [0.5, 0.6) is 11.6 Å². The normalized spacial score (nSPS) is 14.8. The fourth-order valence-corrected chi connectivity index (χ4v) is 5.22. The second kappa shape index (κ2) is 9.71. The number of anilines is 1. The summed E-state index contributed by atoms with van der Waals surface area (Å²) >= 11 is 1.78. The van der Waals surface area contributed by atoms with Crippen LogP contribution in [0.3, 0.4) is 0 Å². The molecule has 4 rings (SSSR count). The summed E-state index contributed by atoms with van der Waals surface area (Å²) in [7, 11) is -3.36. The number of pyridine rings is 1. The first-order valence-electron chi connectivity index (χ1n) is 10.1. The van der Waals surface area contributed by atoms with E-state index >= 15 is 0 Å². The second-order valence-corrected chi connectivity index (χ2v) is 10.8. The lowest BCUT2D eigenvalue weighted by atomic mass is 10.1. The monoisotopic (exact) mass is 487 g/mol. The van der Waals surface area contributed by atoms with Crippen molar-refractivity contribution < 1.29 is 18.1 Å². The minimum atomic E-state index is -3.36. The Balaban J connectivity index is 1.50. The largest absolute Gasteiger partial charge is 0.434 e. The van der Waals surface area contributed by atoms with E-state index in [1.807, 2.05) is 17.0 Å². The van der Waals surface area contributed by atoms with Crippen molar-refractivity contribution in [2.75, 3.05) is 24.2 Å². The van der Waals surface area contributed by atoms with Crippen LogP contribution in [0.2, 0.25) is 0 Å². The average Bonchev–Trinajstić information content (AvgIpc) is 2.80. The lowest BCUT2D eigenvalue weighted by Gasteiger charge is -2.32. The maximum Gasteiger partial charge on any atom is 0.373 e. The maximum absolute atomic E-state index is 11.9. The van der Waals surface area contributed by atoms with Gasteiger partial charge in [0.15, 0.2) is 9.84 Å². The molecule has 33 heavy (non-hydrogen) atoms. The average molecular weight is 488 g/mol. The fraction of sp³-hybridized carbons (Fsp3) is 0.286. The zero-order valence-electron chi connectivity index (χ0n) is 17.7. The molecule has 172 valence electrons.